The van der Waals surface area contributed by atoms with Gasteiger partial charge in [0.25, 0.3) is 0 Å². The third-order valence-electron chi connectivity index (χ3n) is 7.81. The summed E-state index contributed by atoms with van der Waals surface area (Å²) in [6, 6.07) is 3.22. The highest BCUT2D eigenvalue weighted by molar-refractivity contribution is 5.86. The molecule has 198 valence electrons. The van der Waals surface area contributed by atoms with Gasteiger partial charge in [0.2, 0.25) is 11.8 Å². The van der Waals surface area contributed by atoms with Crippen molar-refractivity contribution in [3.05, 3.63) is 23.4 Å². The minimum Gasteiger partial charge on any atom is -0.480 e. The molecule has 2 amide bonds. The number of nitrogens with zero attached hydrogens (tertiary/aromatic N) is 2. The van der Waals surface area contributed by atoms with Crippen LogP contribution in [-0.2, 0) is 27.2 Å². The van der Waals surface area contributed by atoms with E-state index in [4.69, 9.17) is 4.98 Å². The lowest BCUT2D eigenvalue weighted by Gasteiger charge is -2.32. The second-order valence-electron chi connectivity index (χ2n) is 10.6. The van der Waals surface area contributed by atoms with Crippen LogP contribution in [0.3, 0.4) is 0 Å². The maximum atomic E-state index is 12.8. The first-order valence-corrected chi connectivity index (χ1v) is 13.8. The quantitative estimate of drug-likeness (QED) is 0.390. The van der Waals surface area contributed by atoms with Crippen LogP contribution in [0.1, 0.15) is 69.0 Å². The molecule has 3 heterocycles. The van der Waals surface area contributed by atoms with Crippen molar-refractivity contribution in [2.24, 2.45) is 11.8 Å². The van der Waals surface area contributed by atoms with E-state index in [0.29, 0.717) is 6.54 Å². The van der Waals surface area contributed by atoms with Gasteiger partial charge in [0.15, 0.2) is 0 Å². The number of aryl methyl sites for hydroxylation is 2. The van der Waals surface area contributed by atoms with Gasteiger partial charge in [-0.15, -0.1) is 0 Å². The van der Waals surface area contributed by atoms with Crippen molar-refractivity contribution in [3.8, 4) is 0 Å². The van der Waals surface area contributed by atoms with Gasteiger partial charge < -0.3 is 26.0 Å². The maximum absolute atomic E-state index is 12.8. The Hall–Kier alpha value is -2.68. The molecule has 1 unspecified atom stereocenters. The van der Waals surface area contributed by atoms with Gasteiger partial charge in [-0.3, -0.25) is 9.59 Å². The molecule has 0 spiro atoms. The standard InChI is InChI=1S/C27H41N5O4/c33-25(29-17-23(27(35)36)31-26(34)20-7-2-1-3-8-20)21-10-5-15-32(18-21)16-6-11-22-13-12-19-9-4-14-28-24(19)30-22/h12-13,20-21,23H,1-11,14-18H2,(H,28,30)(H,29,33)(H,31,34)(H,35,36)/t21-,23?/m1/s1. The molecular formula is C27H41N5O4. The predicted octanol–water partition coefficient (Wildman–Crippen LogP) is 2.35. The number of anilines is 1. The van der Waals surface area contributed by atoms with Crippen LogP contribution >= 0.6 is 0 Å². The first-order chi connectivity index (χ1) is 17.5. The zero-order valence-corrected chi connectivity index (χ0v) is 21.3. The summed E-state index contributed by atoms with van der Waals surface area (Å²) in [7, 11) is 0. The number of fused-ring (bicyclic) bond motifs is 1. The number of hydrogen-bond donors (Lipinski definition) is 4. The van der Waals surface area contributed by atoms with Crippen LogP contribution in [0, 0.1) is 11.8 Å². The Kier molecular flexibility index (Phi) is 9.55. The second kappa shape index (κ2) is 13.0. The third kappa shape index (κ3) is 7.41. The number of carbonyl (C=O) groups is 3. The van der Waals surface area contributed by atoms with Crippen molar-refractivity contribution >= 4 is 23.6 Å². The number of pyridine rings is 1. The van der Waals surface area contributed by atoms with E-state index in [9.17, 15) is 19.5 Å². The van der Waals surface area contributed by atoms with Crippen LogP contribution in [0.5, 0.6) is 0 Å². The van der Waals surface area contributed by atoms with E-state index in [1.165, 1.54) is 5.56 Å². The van der Waals surface area contributed by atoms with Crippen LogP contribution < -0.4 is 16.0 Å². The van der Waals surface area contributed by atoms with E-state index in [2.05, 4.69) is 33.0 Å². The first kappa shape index (κ1) is 26.4. The highest BCUT2D eigenvalue weighted by atomic mass is 16.4. The van der Waals surface area contributed by atoms with E-state index in [0.717, 1.165) is 102 Å². The molecule has 3 aliphatic rings. The molecule has 4 N–H and O–H groups in total. The fourth-order valence-corrected chi connectivity index (χ4v) is 5.67. The number of rotatable bonds is 10. The van der Waals surface area contributed by atoms with Gasteiger partial charge in [-0.25, -0.2) is 9.78 Å². The smallest absolute Gasteiger partial charge is 0.328 e. The number of amides is 2. The van der Waals surface area contributed by atoms with Gasteiger partial charge in [-0.2, -0.15) is 0 Å². The molecule has 9 heteroatoms. The third-order valence-corrected chi connectivity index (χ3v) is 7.81. The Morgan fingerprint density at radius 3 is 2.67 bits per heavy atom. The lowest BCUT2D eigenvalue weighted by molar-refractivity contribution is -0.142. The average molecular weight is 500 g/mol. The summed E-state index contributed by atoms with van der Waals surface area (Å²) in [5.41, 5.74) is 2.40. The van der Waals surface area contributed by atoms with E-state index >= 15 is 0 Å². The van der Waals surface area contributed by atoms with Gasteiger partial charge in [-0.1, -0.05) is 25.3 Å². The molecule has 2 atom stereocenters. The molecule has 9 nitrogen and oxygen atoms in total. The van der Waals surface area contributed by atoms with Gasteiger partial charge >= 0.3 is 5.97 Å². The van der Waals surface area contributed by atoms with E-state index < -0.39 is 12.0 Å². The summed E-state index contributed by atoms with van der Waals surface area (Å²) < 4.78 is 0. The minimum atomic E-state index is -1.12. The summed E-state index contributed by atoms with van der Waals surface area (Å²) in [6.07, 6.45) is 10.6. The second-order valence-corrected chi connectivity index (χ2v) is 10.6. The lowest BCUT2D eigenvalue weighted by Crippen LogP contribution is -2.52. The van der Waals surface area contributed by atoms with Gasteiger partial charge in [0, 0.05) is 31.2 Å². The number of hydrogen-bond acceptors (Lipinski definition) is 6. The molecule has 4 rings (SSSR count). The number of aromatic nitrogens is 1. The topological polar surface area (TPSA) is 124 Å². The van der Waals surface area contributed by atoms with Crippen LogP contribution in [0.2, 0.25) is 0 Å². The molecule has 0 aromatic carbocycles. The van der Waals surface area contributed by atoms with Crippen LogP contribution in [-0.4, -0.2) is 71.5 Å². The normalized spacial score (nSPS) is 21.6. The highest BCUT2D eigenvalue weighted by Crippen LogP contribution is 2.24. The van der Waals surface area contributed by atoms with Crippen LogP contribution in [0.4, 0.5) is 5.82 Å². The summed E-state index contributed by atoms with van der Waals surface area (Å²) >= 11 is 0. The van der Waals surface area contributed by atoms with E-state index in [1.54, 1.807) is 0 Å². The summed E-state index contributed by atoms with van der Waals surface area (Å²) in [5, 5.41) is 18.4. The fraction of sp³-hybridized carbons (Fsp3) is 0.704. The van der Waals surface area contributed by atoms with Crippen molar-refractivity contribution in [1.29, 1.82) is 0 Å². The van der Waals surface area contributed by atoms with Crippen LogP contribution in [0.15, 0.2) is 12.1 Å². The molecule has 1 saturated carbocycles. The van der Waals surface area contributed by atoms with Crippen molar-refractivity contribution in [3.63, 3.8) is 0 Å². The SMILES string of the molecule is O=C(NC(CNC(=O)[C@@H]1CCCN(CCCc2ccc3c(n2)NCCC3)C1)C(=O)O)C1CCCCC1. The van der Waals surface area contributed by atoms with Crippen molar-refractivity contribution < 1.29 is 19.5 Å². The molecule has 1 aromatic heterocycles. The molecule has 36 heavy (non-hydrogen) atoms. The Bertz CT molecular complexity index is 917. The van der Waals surface area contributed by atoms with Gasteiger partial charge in [-0.05, 0) is 76.1 Å². The van der Waals surface area contributed by atoms with Crippen molar-refractivity contribution in [1.82, 2.24) is 20.5 Å². The number of likely N-dealkylation sites (tertiary alicyclic amines) is 1. The average Bonchev–Trinajstić information content (AvgIpc) is 2.91. The zero-order chi connectivity index (χ0) is 25.3. The number of nitrogens with one attached hydrogen (secondary N) is 3. The van der Waals surface area contributed by atoms with Crippen molar-refractivity contribution in [2.45, 2.75) is 76.7 Å². The maximum Gasteiger partial charge on any atom is 0.328 e. The number of carbonyl (C=O) groups excluding carboxylic acids is 2. The Morgan fingerprint density at radius 1 is 1.06 bits per heavy atom. The predicted molar refractivity (Wildman–Crippen MR) is 138 cm³/mol. The summed E-state index contributed by atoms with van der Waals surface area (Å²) in [4.78, 5) is 44.1. The summed E-state index contributed by atoms with van der Waals surface area (Å²) in [6.45, 7) is 3.46. The number of aliphatic carboxylic acids is 1. The molecule has 2 aliphatic heterocycles. The fourth-order valence-electron chi connectivity index (χ4n) is 5.67. The Morgan fingerprint density at radius 2 is 1.86 bits per heavy atom. The molecule has 2 fully saturated rings. The molecular weight excluding hydrogens is 458 g/mol. The lowest BCUT2D eigenvalue weighted by atomic mass is 9.88. The number of carboxylic acid groups (broad SMARTS) is 1. The molecule has 0 radical (unpaired) electrons. The molecule has 1 aliphatic carbocycles. The first-order valence-electron chi connectivity index (χ1n) is 13.8. The number of piperidine rings is 1. The Labute approximate surface area is 213 Å². The van der Waals surface area contributed by atoms with Gasteiger partial charge in [0.1, 0.15) is 11.9 Å². The van der Waals surface area contributed by atoms with E-state index in [-0.39, 0.29) is 30.2 Å². The van der Waals surface area contributed by atoms with Crippen LogP contribution in [0.25, 0.3) is 0 Å². The summed E-state index contributed by atoms with van der Waals surface area (Å²) in [5.74, 6) is -0.687. The monoisotopic (exact) mass is 499 g/mol. The van der Waals surface area contributed by atoms with Crippen molar-refractivity contribution in [2.75, 3.05) is 38.0 Å². The minimum absolute atomic E-state index is 0.0822. The van der Waals surface area contributed by atoms with Gasteiger partial charge in [0.05, 0.1) is 5.92 Å². The Balaban J connectivity index is 1.19. The largest absolute Gasteiger partial charge is 0.480 e. The number of carboxylic acids is 1. The zero-order valence-electron chi connectivity index (χ0n) is 21.3. The highest BCUT2D eigenvalue weighted by Gasteiger charge is 2.29. The molecule has 1 aromatic rings. The molecule has 0 bridgehead atoms. The van der Waals surface area contributed by atoms with E-state index in [1.807, 2.05) is 0 Å². The molecule has 1 saturated heterocycles.